The Bertz CT molecular complexity index is 1020. The van der Waals surface area contributed by atoms with E-state index < -0.39 is 0 Å². The maximum Gasteiger partial charge on any atom is 0.167 e. The summed E-state index contributed by atoms with van der Waals surface area (Å²) in [5, 5.41) is 6.90. The minimum atomic E-state index is 0.534. The second kappa shape index (κ2) is 7.76. The predicted molar refractivity (Wildman–Crippen MR) is 104 cm³/mol. The summed E-state index contributed by atoms with van der Waals surface area (Å²) in [5.74, 6) is 1.44. The molecule has 0 saturated carbocycles. The van der Waals surface area contributed by atoms with E-state index in [-0.39, 0.29) is 0 Å². The van der Waals surface area contributed by atoms with Crippen molar-refractivity contribution in [3.05, 3.63) is 72.1 Å². The van der Waals surface area contributed by atoms with Crippen molar-refractivity contribution in [1.29, 1.82) is 0 Å². The topological polar surface area (TPSA) is 52.8 Å². The molecule has 0 saturated heterocycles. The molecule has 0 bridgehead atoms. The molecule has 0 radical (unpaired) electrons. The van der Waals surface area contributed by atoms with E-state index in [0.717, 1.165) is 27.5 Å². The van der Waals surface area contributed by atoms with Crippen molar-refractivity contribution in [3.63, 3.8) is 0 Å². The molecule has 0 atom stereocenters. The lowest BCUT2D eigenvalue weighted by atomic mass is 10.3. The van der Waals surface area contributed by atoms with E-state index in [1.54, 1.807) is 24.3 Å². The molecule has 5 nitrogen and oxygen atoms in total. The minimum absolute atomic E-state index is 0.534. The van der Waals surface area contributed by atoms with Crippen LogP contribution in [0.2, 0.25) is 5.02 Å². The zero-order valence-corrected chi connectivity index (χ0v) is 15.3. The van der Waals surface area contributed by atoms with Crippen LogP contribution in [0.3, 0.4) is 0 Å². The minimum Gasteiger partial charge on any atom is -0.491 e. The van der Waals surface area contributed by atoms with Gasteiger partial charge in [-0.1, -0.05) is 41.9 Å². The zero-order valence-electron chi connectivity index (χ0n) is 13.7. The summed E-state index contributed by atoms with van der Waals surface area (Å²) >= 11 is 7.71. The standard InChI is InChI=1S/C19H15ClN4OS/c20-16-8-4-5-9-17(16)25-10-11-26-19-15-12-23-24(18(15)21-13-22-19)14-6-2-1-3-7-14/h1-9,12-13H,10-11H2. The van der Waals surface area contributed by atoms with Gasteiger partial charge in [0.2, 0.25) is 0 Å². The molecular weight excluding hydrogens is 368 g/mol. The van der Waals surface area contributed by atoms with Crippen LogP contribution in [0.15, 0.2) is 72.1 Å². The first-order chi connectivity index (χ1) is 12.8. The van der Waals surface area contributed by atoms with Crippen LogP contribution >= 0.6 is 23.4 Å². The van der Waals surface area contributed by atoms with E-state index in [9.17, 15) is 0 Å². The van der Waals surface area contributed by atoms with Gasteiger partial charge in [-0.15, -0.1) is 11.8 Å². The monoisotopic (exact) mass is 382 g/mol. The number of halogens is 1. The maximum atomic E-state index is 6.10. The van der Waals surface area contributed by atoms with E-state index in [1.807, 2.05) is 59.3 Å². The van der Waals surface area contributed by atoms with Crippen molar-refractivity contribution in [2.45, 2.75) is 5.03 Å². The van der Waals surface area contributed by atoms with Crippen molar-refractivity contribution < 1.29 is 4.74 Å². The number of hydrogen-bond acceptors (Lipinski definition) is 5. The van der Waals surface area contributed by atoms with Crippen LogP contribution in [0, 0.1) is 0 Å². The molecule has 2 aromatic heterocycles. The highest BCUT2D eigenvalue weighted by Gasteiger charge is 2.11. The van der Waals surface area contributed by atoms with Gasteiger partial charge in [0.1, 0.15) is 17.1 Å². The average Bonchev–Trinajstić information content (AvgIpc) is 3.12. The second-order valence-corrected chi connectivity index (χ2v) is 6.93. The third-order valence-electron chi connectivity index (χ3n) is 3.75. The van der Waals surface area contributed by atoms with Crippen molar-refractivity contribution in [2.75, 3.05) is 12.4 Å². The Morgan fingerprint density at radius 2 is 1.81 bits per heavy atom. The van der Waals surface area contributed by atoms with Crippen molar-refractivity contribution in [3.8, 4) is 11.4 Å². The lowest BCUT2D eigenvalue weighted by Crippen LogP contribution is -2.01. The predicted octanol–water partition coefficient (Wildman–Crippen LogP) is 4.64. The highest BCUT2D eigenvalue weighted by molar-refractivity contribution is 7.99. The molecule has 0 fully saturated rings. The largest absolute Gasteiger partial charge is 0.491 e. The van der Waals surface area contributed by atoms with Gasteiger partial charge in [0, 0.05) is 5.75 Å². The van der Waals surface area contributed by atoms with E-state index in [0.29, 0.717) is 17.4 Å². The van der Waals surface area contributed by atoms with Crippen LogP contribution in [0.4, 0.5) is 0 Å². The Balaban J connectivity index is 1.47. The third kappa shape index (κ3) is 3.52. The number of para-hydroxylation sites is 2. The van der Waals surface area contributed by atoms with Crippen LogP contribution < -0.4 is 4.74 Å². The Hall–Kier alpha value is -2.57. The lowest BCUT2D eigenvalue weighted by Gasteiger charge is -2.07. The van der Waals surface area contributed by atoms with Crippen LogP contribution in [0.1, 0.15) is 0 Å². The number of benzene rings is 2. The lowest BCUT2D eigenvalue weighted by molar-refractivity contribution is 0.344. The highest BCUT2D eigenvalue weighted by Crippen LogP contribution is 2.27. The van der Waals surface area contributed by atoms with Gasteiger partial charge in [0.15, 0.2) is 5.65 Å². The molecular formula is C19H15ClN4OS. The first-order valence-corrected chi connectivity index (χ1v) is 9.43. The number of thioether (sulfide) groups is 1. The molecule has 26 heavy (non-hydrogen) atoms. The first kappa shape index (κ1) is 16.9. The summed E-state index contributed by atoms with van der Waals surface area (Å²) in [6.07, 6.45) is 3.38. The summed E-state index contributed by atoms with van der Waals surface area (Å²) in [6.45, 7) is 0.534. The Kier molecular flexibility index (Phi) is 5.04. The van der Waals surface area contributed by atoms with Crippen LogP contribution in [-0.2, 0) is 0 Å². The quantitative estimate of drug-likeness (QED) is 0.276. The normalized spacial score (nSPS) is 11.0. The summed E-state index contributed by atoms with van der Waals surface area (Å²) in [4.78, 5) is 8.79. The molecule has 4 aromatic rings. The molecule has 2 aromatic carbocycles. The molecule has 0 N–H and O–H groups in total. The zero-order chi connectivity index (χ0) is 17.8. The van der Waals surface area contributed by atoms with E-state index in [2.05, 4.69) is 15.1 Å². The van der Waals surface area contributed by atoms with Gasteiger partial charge in [-0.3, -0.25) is 0 Å². The summed E-state index contributed by atoms with van der Waals surface area (Å²) in [6, 6.07) is 17.4. The van der Waals surface area contributed by atoms with E-state index in [1.165, 1.54) is 0 Å². The Morgan fingerprint density at radius 3 is 2.65 bits per heavy atom. The molecule has 0 aliphatic rings. The van der Waals surface area contributed by atoms with Crippen molar-refractivity contribution in [1.82, 2.24) is 19.7 Å². The molecule has 0 spiro atoms. The smallest absolute Gasteiger partial charge is 0.167 e. The molecule has 0 aliphatic carbocycles. The van der Waals surface area contributed by atoms with Crippen molar-refractivity contribution >= 4 is 34.4 Å². The second-order valence-electron chi connectivity index (χ2n) is 5.44. The van der Waals surface area contributed by atoms with E-state index in [4.69, 9.17) is 16.3 Å². The molecule has 0 amide bonds. The van der Waals surface area contributed by atoms with Gasteiger partial charge in [0.05, 0.1) is 28.9 Å². The Morgan fingerprint density at radius 1 is 1.00 bits per heavy atom. The molecule has 0 aliphatic heterocycles. The van der Waals surface area contributed by atoms with Gasteiger partial charge in [0.25, 0.3) is 0 Å². The van der Waals surface area contributed by atoms with Gasteiger partial charge < -0.3 is 4.74 Å². The molecule has 2 heterocycles. The first-order valence-electron chi connectivity index (χ1n) is 8.07. The number of ether oxygens (including phenoxy) is 1. The average molecular weight is 383 g/mol. The fraction of sp³-hybridized carbons (Fsp3) is 0.105. The summed E-state index contributed by atoms with van der Waals surface area (Å²) < 4.78 is 7.55. The number of aromatic nitrogens is 4. The number of hydrogen-bond donors (Lipinski definition) is 0. The number of fused-ring (bicyclic) bond motifs is 1. The van der Waals surface area contributed by atoms with Gasteiger partial charge in [-0.25, -0.2) is 14.6 Å². The molecule has 7 heteroatoms. The summed E-state index contributed by atoms with van der Waals surface area (Å²) in [7, 11) is 0. The fourth-order valence-electron chi connectivity index (χ4n) is 2.55. The summed E-state index contributed by atoms with van der Waals surface area (Å²) in [5.41, 5.74) is 1.76. The third-order valence-corrected chi connectivity index (χ3v) is 5.03. The van der Waals surface area contributed by atoms with E-state index >= 15 is 0 Å². The number of rotatable bonds is 6. The molecule has 4 rings (SSSR count). The van der Waals surface area contributed by atoms with Crippen LogP contribution in [-0.4, -0.2) is 32.1 Å². The Labute approximate surface area is 160 Å². The molecule has 130 valence electrons. The number of nitrogens with zero attached hydrogens (tertiary/aromatic N) is 4. The fourth-order valence-corrected chi connectivity index (χ4v) is 3.52. The van der Waals surface area contributed by atoms with Crippen molar-refractivity contribution in [2.24, 2.45) is 0 Å². The maximum absolute atomic E-state index is 6.10. The van der Waals surface area contributed by atoms with Gasteiger partial charge >= 0.3 is 0 Å². The van der Waals surface area contributed by atoms with Gasteiger partial charge in [-0.05, 0) is 24.3 Å². The van der Waals surface area contributed by atoms with Crippen LogP contribution in [0.5, 0.6) is 5.75 Å². The molecule has 0 unspecified atom stereocenters. The van der Waals surface area contributed by atoms with Gasteiger partial charge in [-0.2, -0.15) is 5.10 Å². The van der Waals surface area contributed by atoms with Crippen LogP contribution in [0.25, 0.3) is 16.7 Å². The SMILES string of the molecule is Clc1ccccc1OCCSc1ncnc2c1cnn2-c1ccccc1. The highest BCUT2D eigenvalue weighted by atomic mass is 35.5.